The summed E-state index contributed by atoms with van der Waals surface area (Å²) in [6.45, 7) is 0. The van der Waals surface area contributed by atoms with Crippen LogP contribution in [-0.2, 0) is 0 Å². The van der Waals surface area contributed by atoms with E-state index in [0.29, 0.717) is 22.3 Å². The summed E-state index contributed by atoms with van der Waals surface area (Å²) in [6.07, 6.45) is 1.50. The lowest BCUT2D eigenvalue weighted by Gasteiger charge is -2.13. The lowest BCUT2D eigenvalue weighted by molar-refractivity contribution is 0.356. The van der Waals surface area contributed by atoms with Crippen LogP contribution in [0.15, 0.2) is 48.8 Å². The normalized spacial score (nSPS) is 10.5. The molecule has 0 atom stereocenters. The summed E-state index contributed by atoms with van der Waals surface area (Å²) >= 11 is 5.94. The average Bonchev–Trinajstić information content (AvgIpc) is 3.04. The van der Waals surface area contributed by atoms with Gasteiger partial charge in [-0.1, -0.05) is 17.7 Å². The molecule has 5 nitrogen and oxygen atoms in total. The third kappa shape index (κ3) is 2.51. The largest absolute Gasteiger partial charge is 0.493 e. The number of methoxy groups -OCH3 is 2. The zero-order valence-corrected chi connectivity index (χ0v) is 12.9. The highest BCUT2D eigenvalue weighted by atomic mass is 35.5. The Hall–Kier alpha value is -2.53. The second-order valence-electron chi connectivity index (χ2n) is 4.51. The van der Waals surface area contributed by atoms with Crippen molar-refractivity contribution in [2.45, 2.75) is 0 Å². The van der Waals surface area contributed by atoms with E-state index in [-0.39, 0.29) is 0 Å². The topological polar surface area (TPSA) is 49.2 Å². The molecule has 0 spiro atoms. The molecule has 0 amide bonds. The Morgan fingerprint density at radius 3 is 2.45 bits per heavy atom. The third-order valence-corrected chi connectivity index (χ3v) is 3.51. The summed E-state index contributed by atoms with van der Waals surface area (Å²) in [5.74, 6) is 1.93. The van der Waals surface area contributed by atoms with Crippen LogP contribution in [-0.4, -0.2) is 29.0 Å². The molecule has 0 radical (unpaired) electrons. The quantitative estimate of drug-likeness (QED) is 0.738. The highest BCUT2D eigenvalue weighted by molar-refractivity contribution is 6.30. The van der Waals surface area contributed by atoms with Crippen LogP contribution in [0.3, 0.4) is 0 Å². The zero-order chi connectivity index (χ0) is 15.5. The van der Waals surface area contributed by atoms with E-state index in [1.54, 1.807) is 18.9 Å². The van der Waals surface area contributed by atoms with Crippen molar-refractivity contribution in [2.75, 3.05) is 14.2 Å². The summed E-state index contributed by atoms with van der Waals surface area (Å²) in [7, 11) is 3.20. The van der Waals surface area contributed by atoms with Gasteiger partial charge < -0.3 is 9.47 Å². The number of hydrogen-bond acceptors (Lipinski definition) is 4. The minimum atomic E-state index is 0.619. The maximum absolute atomic E-state index is 5.94. The number of ether oxygens (including phenoxy) is 2. The van der Waals surface area contributed by atoms with Gasteiger partial charge in [0.05, 0.1) is 25.5 Å². The molecule has 2 aromatic carbocycles. The number of halogens is 1. The summed E-state index contributed by atoms with van der Waals surface area (Å²) in [5.41, 5.74) is 1.66. The third-order valence-electron chi connectivity index (χ3n) is 3.26. The molecular formula is C16H14ClN3O2. The van der Waals surface area contributed by atoms with Gasteiger partial charge in [0.1, 0.15) is 6.33 Å². The molecular weight excluding hydrogens is 302 g/mol. The summed E-state index contributed by atoms with van der Waals surface area (Å²) in [6, 6.07) is 13.0. The zero-order valence-electron chi connectivity index (χ0n) is 12.2. The first-order valence-electron chi connectivity index (χ1n) is 6.62. The number of aromatic nitrogens is 3. The Labute approximate surface area is 133 Å². The fourth-order valence-corrected chi connectivity index (χ4v) is 2.39. The van der Waals surface area contributed by atoms with Crippen molar-refractivity contribution in [2.24, 2.45) is 0 Å². The van der Waals surface area contributed by atoms with Crippen LogP contribution >= 0.6 is 11.6 Å². The van der Waals surface area contributed by atoms with Crippen LogP contribution in [0.5, 0.6) is 11.5 Å². The molecule has 1 aromatic heterocycles. The number of hydrogen-bond donors (Lipinski definition) is 0. The molecule has 3 aromatic rings. The van der Waals surface area contributed by atoms with Gasteiger partial charge in [-0.05, 0) is 36.4 Å². The minimum Gasteiger partial charge on any atom is -0.493 e. The Kier molecular flexibility index (Phi) is 3.98. The first-order valence-corrected chi connectivity index (χ1v) is 6.99. The monoisotopic (exact) mass is 315 g/mol. The predicted octanol–water partition coefficient (Wildman–Crippen LogP) is 3.60. The maximum atomic E-state index is 5.94. The fourth-order valence-electron chi connectivity index (χ4n) is 2.26. The molecule has 0 saturated carbocycles. The van der Waals surface area contributed by atoms with Crippen molar-refractivity contribution < 1.29 is 9.47 Å². The molecule has 1 heterocycles. The molecule has 6 heteroatoms. The van der Waals surface area contributed by atoms with Crippen molar-refractivity contribution in [1.82, 2.24) is 14.8 Å². The van der Waals surface area contributed by atoms with Gasteiger partial charge in [-0.15, -0.1) is 0 Å². The van der Waals surface area contributed by atoms with Crippen molar-refractivity contribution in [3.05, 3.63) is 53.8 Å². The molecule has 0 aliphatic rings. The van der Waals surface area contributed by atoms with E-state index in [1.807, 2.05) is 42.5 Å². The minimum absolute atomic E-state index is 0.619. The number of rotatable bonds is 4. The van der Waals surface area contributed by atoms with Crippen molar-refractivity contribution in [1.29, 1.82) is 0 Å². The van der Waals surface area contributed by atoms with Gasteiger partial charge in [-0.25, -0.2) is 9.67 Å². The fraction of sp³-hybridized carbons (Fsp3) is 0.125. The summed E-state index contributed by atoms with van der Waals surface area (Å²) < 4.78 is 12.5. The number of nitrogens with zero attached hydrogens (tertiary/aromatic N) is 3. The molecule has 3 rings (SSSR count). The van der Waals surface area contributed by atoms with Crippen LogP contribution in [0.2, 0.25) is 5.02 Å². The highest BCUT2D eigenvalue weighted by Gasteiger charge is 2.17. The number of para-hydroxylation sites is 1. The molecule has 0 unspecified atom stereocenters. The molecule has 0 aliphatic carbocycles. The molecule has 112 valence electrons. The van der Waals surface area contributed by atoms with E-state index in [2.05, 4.69) is 10.1 Å². The Morgan fingerprint density at radius 1 is 1.00 bits per heavy atom. The first kappa shape index (κ1) is 14.4. The molecule has 0 N–H and O–H groups in total. The van der Waals surface area contributed by atoms with Gasteiger partial charge in [-0.2, -0.15) is 5.10 Å². The van der Waals surface area contributed by atoms with Crippen molar-refractivity contribution in [3.63, 3.8) is 0 Å². The van der Waals surface area contributed by atoms with Crippen molar-refractivity contribution in [3.8, 4) is 28.6 Å². The van der Waals surface area contributed by atoms with E-state index >= 15 is 0 Å². The molecule has 0 fully saturated rings. The van der Waals surface area contributed by atoms with Gasteiger partial charge in [0.15, 0.2) is 17.3 Å². The van der Waals surface area contributed by atoms with Gasteiger partial charge in [0.2, 0.25) is 0 Å². The van der Waals surface area contributed by atoms with E-state index in [9.17, 15) is 0 Å². The van der Waals surface area contributed by atoms with Crippen LogP contribution in [0.1, 0.15) is 0 Å². The second-order valence-corrected chi connectivity index (χ2v) is 4.95. The lowest BCUT2D eigenvalue weighted by atomic mass is 10.1. The van der Waals surface area contributed by atoms with Crippen LogP contribution in [0, 0.1) is 0 Å². The predicted molar refractivity (Wildman–Crippen MR) is 84.9 cm³/mol. The first-order chi connectivity index (χ1) is 10.7. The van der Waals surface area contributed by atoms with E-state index in [4.69, 9.17) is 21.1 Å². The molecule has 0 aliphatic heterocycles. The summed E-state index contributed by atoms with van der Waals surface area (Å²) in [5, 5.41) is 4.96. The smallest absolute Gasteiger partial charge is 0.171 e. The van der Waals surface area contributed by atoms with Gasteiger partial charge in [0, 0.05) is 5.02 Å². The molecule has 0 bridgehead atoms. The van der Waals surface area contributed by atoms with E-state index < -0.39 is 0 Å². The Bertz CT molecular complexity index is 784. The SMILES string of the molecule is COc1cccc(-c2ncnn2-c2ccc(Cl)cc2)c1OC. The molecule has 22 heavy (non-hydrogen) atoms. The second kappa shape index (κ2) is 6.07. The van der Waals surface area contributed by atoms with Gasteiger partial charge >= 0.3 is 0 Å². The highest BCUT2D eigenvalue weighted by Crippen LogP contribution is 2.37. The lowest BCUT2D eigenvalue weighted by Crippen LogP contribution is -2.01. The summed E-state index contributed by atoms with van der Waals surface area (Å²) in [4.78, 5) is 4.35. The average molecular weight is 316 g/mol. The Morgan fingerprint density at radius 2 is 1.77 bits per heavy atom. The van der Waals surface area contributed by atoms with E-state index in [1.165, 1.54) is 6.33 Å². The van der Waals surface area contributed by atoms with Crippen LogP contribution < -0.4 is 9.47 Å². The van der Waals surface area contributed by atoms with Crippen molar-refractivity contribution >= 4 is 11.6 Å². The van der Waals surface area contributed by atoms with Gasteiger partial charge in [0.25, 0.3) is 0 Å². The van der Waals surface area contributed by atoms with Crippen LogP contribution in [0.4, 0.5) is 0 Å². The van der Waals surface area contributed by atoms with E-state index in [0.717, 1.165) is 11.3 Å². The Balaban J connectivity index is 2.15. The maximum Gasteiger partial charge on any atom is 0.171 e. The number of benzene rings is 2. The van der Waals surface area contributed by atoms with Gasteiger partial charge in [-0.3, -0.25) is 0 Å². The molecule has 0 saturated heterocycles. The standard InChI is InChI=1S/C16H14ClN3O2/c1-21-14-5-3-4-13(15(14)22-2)16-18-10-19-20(16)12-8-6-11(17)7-9-12/h3-10H,1-2H3. The van der Waals surface area contributed by atoms with Crippen LogP contribution in [0.25, 0.3) is 17.1 Å².